The molecule has 0 aliphatic heterocycles. The Morgan fingerprint density at radius 2 is 1.21 bits per heavy atom. The highest BCUT2D eigenvalue weighted by molar-refractivity contribution is 5.88. The van der Waals surface area contributed by atoms with Gasteiger partial charge in [0.2, 0.25) is 11.5 Å². The number of rotatable bonds is 3. The standard InChI is InChI=1S/C8H10O6/c1-13-7(11)5(9)3-4-6(10)8(12)14-2/h3-4,9-10H,1-2H3. The molecule has 0 saturated carbocycles. The molecular weight excluding hydrogens is 192 g/mol. The van der Waals surface area contributed by atoms with E-state index in [-0.39, 0.29) is 0 Å². The van der Waals surface area contributed by atoms with Crippen molar-refractivity contribution >= 4 is 11.9 Å². The van der Waals surface area contributed by atoms with Gasteiger partial charge in [-0.3, -0.25) is 0 Å². The van der Waals surface area contributed by atoms with Gasteiger partial charge in [-0.15, -0.1) is 0 Å². The number of carbonyl (C=O) groups is 2. The van der Waals surface area contributed by atoms with Crippen molar-refractivity contribution in [1.29, 1.82) is 0 Å². The van der Waals surface area contributed by atoms with Crippen LogP contribution < -0.4 is 0 Å². The Hall–Kier alpha value is -1.98. The van der Waals surface area contributed by atoms with Crippen LogP contribution in [0.4, 0.5) is 0 Å². The van der Waals surface area contributed by atoms with E-state index < -0.39 is 23.5 Å². The van der Waals surface area contributed by atoms with E-state index in [1.165, 1.54) is 0 Å². The first-order chi connectivity index (χ1) is 6.52. The molecule has 0 aliphatic carbocycles. The summed E-state index contributed by atoms with van der Waals surface area (Å²) in [4.78, 5) is 21.2. The minimum atomic E-state index is -0.973. The van der Waals surface area contributed by atoms with E-state index in [1.807, 2.05) is 0 Å². The minimum absolute atomic E-state index is 0.733. The lowest BCUT2D eigenvalue weighted by molar-refractivity contribution is -0.140. The number of aliphatic hydroxyl groups is 2. The number of esters is 2. The SMILES string of the molecule is COC(=O)C(O)=CC=C(O)C(=O)OC. The number of methoxy groups -OCH3 is 2. The lowest BCUT2D eigenvalue weighted by atomic mass is 10.4. The molecule has 6 nitrogen and oxygen atoms in total. The van der Waals surface area contributed by atoms with E-state index in [9.17, 15) is 9.59 Å². The van der Waals surface area contributed by atoms with Crippen LogP contribution in [0.5, 0.6) is 0 Å². The molecular formula is C8H10O6. The van der Waals surface area contributed by atoms with Gasteiger partial charge in [0, 0.05) is 0 Å². The molecule has 0 aromatic heterocycles. The number of carbonyl (C=O) groups excluding carboxylic acids is 2. The van der Waals surface area contributed by atoms with Crippen molar-refractivity contribution in [3.63, 3.8) is 0 Å². The summed E-state index contributed by atoms with van der Waals surface area (Å²) in [6.45, 7) is 0. The van der Waals surface area contributed by atoms with Gasteiger partial charge in [-0.1, -0.05) is 0 Å². The van der Waals surface area contributed by atoms with Crippen molar-refractivity contribution < 1.29 is 29.3 Å². The Morgan fingerprint density at radius 3 is 1.43 bits per heavy atom. The van der Waals surface area contributed by atoms with Gasteiger partial charge < -0.3 is 19.7 Å². The molecule has 0 saturated heterocycles. The Kier molecular flexibility index (Phi) is 4.83. The molecule has 0 fully saturated rings. The number of allylic oxidation sites excluding steroid dienone is 2. The summed E-state index contributed by atoms with van der Waals surface area (Å²) in [7, 11) is 2.16. The monoisotopic (exact) mass is 202 g/mol. The number of aliphatic hydroxyl groups excluding tert-OH is 2. The van der Waals surface area contributed by atoms with Crippen molar-refractivity contribution in [2.75, 3.05) is 14.2 Å². The largest absolute Gasteiger partial charge is 0.502 e. The van der Waals surface area contributed by atoms with Gasteiger partial charge in [0.25, 0.3) is 0 Å². The van der Waals surface area contributed by atoms with Crippen LogP contribution >= 0.6 is 0 Å². The van der Waals surface area contributed by atoms with Crippen LogP contribution in [-0.2, 0) is 19.1 Å². The summed E-state index contributed by atoms with van der Waals surface area (Å²) in [5, 5.41) is 17.8. The third-order valence-electron chi connectivity index (χ3n) is 1.19. The first-order valence-corrected chi connectivity index (χ1v) is 3.49. The summed E-state index contributed by atoms with van der Waals surface area (Å²) >= 11 is 0. The molecule has 78 valence electrons. The maximum atomic E-state index is 10.6. The molecule has 0 atom stereocenters. The fraction of sp³-hybridized carbons (Fsp3) is 0.250. The Bertz CT molecular complexity index is 258. The molecule has 0 amide bonds. The first-order valence-electron chi connectivity index (χ1n) is 3.49. The zero-order valence-corrected chi connectivity index (χ0v) is 7.68. The summed E-state index contributed by atoms with van der Waals surface area (Å²) in [5.74, 6) is -3.41. The molecule has 14 heavy (non-hydrogen) atoms. The van der Waals surface area contributed by atoms with Crippen LogP contribution in [0.3, 0.4) is 0 Å². The zero-order chi connectivity index (χ0) is 11.1. The average molecular weight is 202 g/mol. The molecule has 2 N–H and O–H groups in total. The maximum Gasteiger partial charge on any atom is 0.373 e. The Balaban J connectivity index is 4.53. The number of hydrogen-bond acceptors (Lipinski definition) is 6. The Morgan fingerprint density at radius 1 is 0.929 bits per heavy atom. The minimum Gasteiger partial charge on any atom is -0.502 e. The van der Waals surface area contributed by atoms with E-state index >= 15 is 0 Å². The van der Waals surface area contributed by atoms with Crippen LogP contribution in [0, 0.1) is 0 Å². The molecule has 0 aromatic rings. The van der Waals surface area contributed by atoms with Gasteiger partial charge in [-0.05, 0) is 12.2 Å². The van der Waals surface area contributed by atoms with Crippen molar-refractivity contribution in [3.8, 4) is 0 Å². The highest BCUT2D eigenvalue weighted by atomic mass is 16.5. The van der Waals surface area contributed by atoms with Gasteiger partial charge in [-0.25, -0.2) is 9.59 Å². The summed E-state index contributed by atoms with van der Waals surface area (Å²) < 4.78 is 8.29. The number of hydrogen-bond donors (Lipinski definition) is 2. The zero-order valence-electron chi connectivity index (χ0n) is 7.68. The molecule has 0 aromatic carbocycles. The van der Waals surface area contributed by atoms with E-state index in [0.29, 0.717) is 0 Å². The fourth-order valence-electron chi connectivity index (χ4n) is 0.503. The van der Waals surface area contributed by atoms with Crippen LogP contribution in [0.2, 0.25) is 0 Å². The van der Waals surface area contributed by atoms with Crippen LogP contribution in [-0.4, -0.2) is 36.4 Å². The Labute approximate surface area is 80.1 Å². The van der Waals surface area contributed by atoms with Crippen molar-refractivity contribution in [3.05, 3.63) is 23.7 Å². The maximum absolute atomic E-state index is 10.6. The van der Waals surface area contributed by atoms with Gasteiger partial charge in [-0.2, -0.15) is 0 Å². The first kappa shape index (κ1) is 12.0. The second-order valence-electron chi connectivity index (χ2n) is 2.09. The van der Waals surface area contributed by atoms with E-state index in [2.05, 4.69) is 9.47 Å². The molecule has 0 spiro atoms. The van der Waals surface area contributed by atoms with Gasteiger partial charge >= 0.3 is 11.9 Å². The second kappa shape index (κ2) is 5.63. The molecule has 0 radical (unpaired) electrons. The molecule has 0 bridgehead atoms. The quantitative estimate of drug-likeness (QED) is 0.294. The predicted octanol–water partition coefficient (Wildman–Crippen LogP) is 0.216. The second-order valence-corrected chi connectivity index (χ2v) is 2.09. The lowest BCUT2D eigenvalue weighted by Gasteiger charge is -1.96. The van der Waals surface area contributed by atoms with Crippen molar-refractivity contribution in [2.45, 2.75) is 0 Å². The fourth-order valence-corrected chi connectivity index (χ4v) is 0.503. The van der Waals surface area contributed by atoms with Gasteiger partial charge in [0.05, 0.1) is 14.2 Å². The highest BCUT2D eigenvalue weighted by Gasteiger charge is 2.08. The van der Waals surface area contributed by atoms with Crippen LogP contribution in [0.15, 0.2) is 23.7 Å². The summed E-state index contributed by atoms with van der Waals surface area (Å²) in [6, 6.07) is 0. The molecule has 0 heterocycles. The van der Waals surface area contributed by atoms with Crippen LogP contribution in [0.1, 0.15) is 0 Å². The van der Waals surface area contributed by atoms with Crippen molar-refractivity contribution in [2.24, 2.45) is 0 Å². The van der Waals surface area contributed by atoms with E-state index in [1.54, 1.807) is 0 Å². The highest BCUT2D eigenvalue weighted by Crippen LogP contribution is 1.97. The predicted molar refractivity (Wildman–Crippen MR) is 45.5 cm³/mol. The average Bonchev–Trinajstić information content (AvgIpc) is 2.22. The van der Waals surface area contributed by atoms with Crippen molar-refractivity contribution in [1.82, 2.24) is 0 Å². The summed E-state index contributed by atoms with van der Waals surface area (Å²) in [6.07, 6.45) is 1.64. The third kappa shape index (κ3) is 3.61. The summed E-state index contributed by atoms with van der Waals surface area (Å²) in [5.41, 5.74) is 0. The smallest absolute Gasteiger partial charge is 0.373 e. The molecule has 6 heteroatoms. The van der Waals surface area contributed by atoms with Gasteiger partial charge in [0.1, 0.15) is 0 Å². The normalized spacial score (nSPS) is 12.1. The van der Waals surface area contributed by atoms with E-state index in [4.69, 9.17) is 10.2 Å². The van der Waals surface area contributed by atoms with Gasteiger partial charge in [0.15, 0.2) is 0 Å². The third-order valence-corrected chi connectivity index (χ3v) is 1.19. The number of ether oxygens (including phenoxy) is 2. The molecule has 0 aliphatic rings. The van der Waals surface area contributed by atoms with Crippen LogP contribution in [0.25, 0.3) is 0 Å². The lowest BCUT2D eigenvalue weighted by Crippen LogP contribution is -2.05. The molecule has 0 rings (SSSR count). The molecule has 0 unspecified atom stereocenters. The van der Waals surface area contributed by atoms with E-state index in [0.717, 1.165) is 26.4 Å². The topological polar surface area (TPSA) is 93.1 Å².